The van der Waals surface area contributed by atoms with Crippen LogP contribution >= 0.6 is 0 Å². The maximum atomic E-state index is 12.2. The molecule has 98 valence electrons. The number of amidine groups is 1. The first kappa shape index (κ1) is 13.3. The molecule has 0 heterocycles. The Morgan fingerprint density at radius 2 is 1.47 bits per heavy atom. The standard InChI is InChI=1S/C14H14N2O2S/c1-15-14(12-8-4-2-5-9-12)16-19(17,18)13-10-6-3-7-11-13/h2-11H,1H3,(H,15,16). The van der Waals surface area contributed by atoms with E-state index in [9.17, 15) is 8.42 Å². The Labute approximate surface area is 112 Å². The largest absolute Gasteiger partial charge is 0.271 e. The van der Waals surface area contributed by atoms with Crippen molar-refractivity contribution in [1.82, 2.24) is 4.72 Å². The first-order valence-corrected chi connectivity index (χ1v) is 7.22. The molecule has 0 bridgehead atoms. The van der Waals surface area contributed by atoms with Crippen molar-refractivity contribution < 1.29 is 8.42 Å². The summed E-state index contributed by atoms with van der Waals surface area (Å²) in [4.78, 5) is 4.21. The van der Waals surface area contributed by atoms with E-state index in [1.165, 1.54) is 0 Å². The third kappa shape index (κ3) is 3.20. The van der Waals surface area contributed by atoms with Gasteiger partial charge in [0.15, 0.2) is 0 Å². The molecule has 0 atom stereocenters. The Bertz CT molecular complexity index is 665. The lowest BCUT2D eigenvalue weighted by Crippen LogP contribution is -2.31. The molecule has 2 aromatic rings. The van der Waals surface area contributed by atoms with Gasteiger partial charge in [-0.05, 0) is 12.1 Å². The van der Waals surface area contributed by atoms with Crippen LogP contribution in [-0.2, 0) is 10.0 Å². The van der Waals surface area contributed by atoms with E-state index in [2.05, 4.69) is 9.71 Å². The van der Waals surface area contributed by atoms with Gasteiger partial charge in [0.2, 0.25) is 0 Å². The zero-order chi connectivity index (χ0) is 13.7. The highest BCUT2D eigenvalue weighted by atomic mass is 32.2. The van der Waals surface area contributed by atoms with Crippen LogP contribution in [0.15, 0.2) is 70.6 Å². The number of aliphatic imine (C=N–C) groups is 1. The van der Waals surface area contributed by atoms with Crippen LogP contribution in [0.1, 0.15) is 5.56 Å². The average molecular weight is 274 g/mol. The number of benzene rings is 2. The van der Waals surface area contributed by atoms with Crippen molar-refractivity contribution in [3.05, 3.63) is 66.2 Å². The molecule has 0 aliphatic rings. The number of nitrogens with one attached hydrogen (secondary N) is 1. The summed E-state index contributed by atoms with van der Waals surface area (Å²) in [6.07, 6.45) is 0. The average Bonchev–Trinajstić information content (AvgIpc) is 2.47. The molecule has 0 aliphatic heterocycles. The van der Waals surface area contributed by atoms with E-state index in [-0.39, 0.29) is 4.90 Å². The summed E-state index contributed by atoms with van der Waals surface area (Å²) in [5, 5.41) is 0. The van der Waals surface area contributed by atoms with Gasteiger partial charge in [-0.2, -0.15) is 0 Å². The Balaban J connectivity index is 2.30. The van der Waals surface area contributed by atoms with Gasteiger partial charge in [0.1, 0.15) is 5.84 Å². The van der Waals surface area contributed by atoms with Crippen molar-refractivity contribution in [2.24, 2.45) is 4.99 Å². The maximum absolute atomic E-state index is 12.2. The summed E-state index contributed by atoms with van der Waals surface area (Å²) >= 11 is 0. The predicted molar refractivity (Wildman–Crippen MR) is 75.7 cm³/mol. The van der Waals surface area contributed by atoms with E-state index in [4.69, 9.17) is 0 Å². The summed E-state index contributed by atoms with van der Waals surface area (Å²) in [7, 11) is -2.05. The molecule has 0 unspecified atom stereocenters. The minimum Gasteiger partial charge on any atom is -0.271 e. The molecule has 4 nitrogen and oxygen atoms in total. The molecule has 5 heteroatoms. The highest BCUT2D eigenvalue weighted by Crippen LogP contribution is 2.09. The highest BCUT2D eigenvalue weighted by Gasteiger charge is 2.16. The lowest BCUT2D eigenvalue weighted by atomic mass is 10.2. The third-order valence-electron chi connectivity index (χ3n) is 2.56. The zero-order valence-electron chi connectivity index (χ0n) is 10.4. The fourth-order valence-electron chi connectivity index (χ4n) is 1.62. The molecule has 0 fully saturated rings. The van der Waals surface area contributed by atoms with Gasteiger partial charge in [-0.3, -0.25) is 9.71 Å². The second kappa shape index (κ2) is 5.67. The van der Waals surface area contributed by atoms with Gasteiger partial charge in [0, 0.05) is 12.6 Å². The Morgan fingerprint density at radius 3 is 2.00 bits per heavy atom. The lowest BCUT2D eigenvalue weighted by molar-refractivity contribution is 0.592. The molecular weight excluding hydrogens is 260 g/mol. The molecular formula is C14H14N2O2S. The number of nitrogens with zero attached hydrogens (tertiary/aromatic N) is 1. The number of sulfonamides is 1. The van der Waals surface area contributed by atoms with Gasteiger partial charge in [-0.15, -0.1) is 0 Å². The van der Waals surface area contributed by atoms with Crippen LogP contribution in [0.25, 0.3) is 0 Å². The van der Waals surface area contributed by atoms with Crippen molar-refractivity contribution in [2.75, 3.05) is 7.05 Å². The second-order valence-electron chi connectivity index (χ2n) is 3.86. The molecule has 0 saturated carbocycles. The summed E-state index contributed by atoms with van der Waals surface area (Å²) in [6.45, 7) is 0. The van der Waals surface area contributed by atoms with E-state index in [1.54, 1.807) is 49.5 Å². The van der Waals surface area contributed by atoms with Gasteiger partial charge < -0.3 is 0 Å². The fourth-order valence-corrected chi connectivity index (χ4v) is 2.71. The molecule has 2 aromatic carbocycles. The van der Waals surface area contributed by atoms with E-state index < -0.39 is 10.0 Å². The van der Waals surface area contributed by atoms with Crippen molar-refractivity contribution in [1.29, 1.82) is 0 Å². The number of hydrogen-bond acceptors (Lipinski definition) is 3. The van der Waals surface area contributed by atoms with E-state index in [0.29, 0.717) is 5.84 Å². The zero-order valence-corrected chi connectivity index (χ0v) is 11.3. The van der Waals surface area contributed by atoms with Crippen LogP contribution in [0.4, 0.5) is 0 Å². The number of rotatable bonds is 3. The number of hydrogen-bond donors (Lipinski definition) is 1. The van der Waals surface area contributed by atoms with Crippen LogP contribution in [0, 0.1) is 0 Å². The maximum Gasteiger partial charge on any atom is 0.263 e. The van der Waals surface area contributed by atoms with Crippen LogP contribution in [0.2, 0.25) is 0 Å². The van der Waals surface area contributed by atoms with E-state index in [0.717, 1.165) is 5.56 Å². The van der Waals surface area contributed by atoms with Crippen molar-refractivity contribution >= 4 is 15.9 Å². The molecule has 0 aromatic heterocycles. The topological polar surface area (TPSA) is 58.5 Å². The minimum absolute atomic E-state index is 0.215. The van der Waals surface area contributed by atoms with Gasteiger partial charge in [-0.1, -0.05) is 48.5 Å². The molecule has 0 aliphatic carbocycles. The molecule has 1 N–H and O–H groups in total. The third-order valence-corrected chi connectivity index (χ3v) is 3.91. The second-order valence-corrected chi connectivity index (χ2v) is 5.54. The predicted octanol–water partition coefficient (Wildman–Crippen LogP) is 2.04. The quantitative estimate of drug-likeness (QED) is 0.688. The van der Waals surface area contributed by atoms with Crippen LogP contribution in [0.5, 0.6) is 0 Å². The molecule has 0 saturated heterocycles. The normalized spacial score (nSPS) is 12.2. The minimum atomic E-state index is -3.60. The van der Waals surface area contributed by atoms with Crippen LogP contribution in [-0.4, -0.2) is 21.3 Å². The van der Waals surface area contributed by atoms with Gasteiger partial charge >= 0.3 is 0 Å². The molecule has 0 spiro atoms. The lowest BCUT2D eigenvalue weighted by Gasteiger charge is -2.10. The van der Waals surface area contributed by atoms with Gasteiger partial charge in [0.05, 0.1) is 4.90 Å². The van der Waals surface area contributed by atoms with Gasteiger partial charge in [0.25, 0.3) is 10.0 Å². The molecule has 19 heavy (non-hydrogen) atoms. The summed E-state index contributed by atoms with van der Waals surface area (Å²) in [6, 6.07) is 17.3. The monoisotopic (exact) mass is 274 g/mol. The highest BCUT2D eigenvalue weighted by molar-refractivity contribution is 7.90. The van der Waals surface area contributed by atoms with Crippen molar-refractivity contribution in [3.8, 4) is 0 Å². The Hall–Kier alpha value is -2.14. The Morgan fingerprint density at radius 1 is 0.947 bits per heavy atom. The van der Waals surface area contributed by atoms with Crippen molar-refractivity contribution in [2.45, 2.75) is 4.90 Å². The summed E-state index contributed by atoms with van der Waals surface area (Å²) in [5.41, 5.74) is 0.726. The SMILES string of the molecule is CN=C(NS(=O)(=O)c1ccccc1)c1ccccc1. The van der Waals surface area contributed by atoms with Crippen molar-refractivity contribution in [3.63, 3.8) is 0 Å². The smallest absolute Gasteiger partial charge is 0.263 e. The first-order chi connectivity index (χ1) is 9.13. The molecule has 0 amide bonds. The van der Waals surface area contributed by atoms with Crippen LogP contribution in [0.3, 0.4) is 0 Å². The molecule has 2 rings (SSSR count). The first-order valence-electron chi connectivity index (χ1n) is 5.73. The molecule has 0 radical (unpaired) electrons. The van der Waals surface area contributed by atoms with E-state index in [1.807, 2.05) is 18.2 Å². The summed E-state index contributed by atoms with van der Waals surface area (Å²) < 4.78 is 26.9. The fraction of sp³-hybridized carbons (Fsp3) is 0.0714. The summed E-state index contributed by atoms with van der Waals surface area (Å²) in [5.74, 6) is 0.324. The van der Waals surface area contributed by atoms with Gasteiger partial charge in [-0.25, -0.2) is 8.42 Å². The van der Waals surface area contributed by atoms with E-state index >= 15 is 0 Å². The Kier molecular flexibility index (Phi) is 3.97. The van der Waals surface area contributed by atoms with Crippen LogP contribution < -0.4 is 4.72 Å².